The summed E-state index contributed by atoms with van der Waals surface area (Å²) in [5.74, 6) is 1.05. The van der Waals surface area contributed by atoms with Crippen LogP contribution in [0.3, 0.4) is 0 Å². The van der Waals surface area contributed by atoms with Gasteiger partial charge in [-0.3, -0.25) is 0 Å². The van der Waals surface area contributed by atoms with E-state index in [0.717, 1.165) is 38.3 Å². The maximum absolute atomic E-state index is 5.53. The first-order chi connectivity index (χ1) is 8.35. The molecule has 0 amide bonds. The molecule has 0 radical (unpaired) electrons. The van der Waals surface area contributed by atoms with Gasteiger partial charge in [0, 0.05) is 26.2 Å². The van der Waals surface area contributed by atoms with Gasteiger partial charge in [0.25, 0.3) is 0 Å². The molecule has 0 fully saturated rings. The highest BCUT2D eigenvalue weighted by molar-refractivity contribution is 5.40. The van der Waals surface area contributed by atoms with Crippen LogP contribution in [0.2, 0.25) is 0 Å². The van der Waals surface area contributed by atoms with E-state index in [1.165, 1.54) is 11.1 Å². The minimum absolute atomic E-state index is 0.380. The predicted molar refractivity (Wildman–Crippen MR) is 68.6 cm³/mol. The van der Waals surface area contributed by atoms with E-state index in [1.807, 2.05) is 0 Å². The van der Waals surface area contributed by atoms with Crippen LogP contribution in [0.1, 0.15) is 30.5 Å². The molecular weight excluding hydrogens is 214 g/mol. The molecule has 1 aliphatic rings. The van der Waals surface area contributed by atoms with Gasteiger partial charge in [-0.05, 0) is 30.2 Å². The monoisotopic (exact) mass is 235 g/mol. The molecule has 1 aliphatic heterocycles. The van der Waals surface area contributed by atoms with Crippen molar-refractivity contribution in [3.63, 3.8) is 0 Å². The van der Waals surface area contributed by atoms with Crippen molar-refractivity contribution >= 4 is 0 Å². The van der Waals surface area contributed by atoms with E-state index in [2.05, 4.69) is 30.4 Å². The predicted octanol–water partition coefficient (Wildman–Crippen LogP) is 2.31. The van der Waals surface area contributed by atoms with Crippen LogP contribution in [-0.2, 0) is 11.2 Å². The summed E-state index contributed by atoms with van der Waals surface area (Å²) in [4.78, 5) is 0. The molecule has 1 unspecified atom stereocenters. The number of hydrogen-bond acceptors (Lipinski definition) is 3. The van der Waals surface area contributed by atoms with Crippen molar-refractivity contribution in [2.24, 2.45) is 0 Å². The molecule has 0 bridgehead atoms. The Kier molecular flexibility index (Phi) is 4.40. The number of hydrogen-bond donors (Lipinski definition) is 1. The van der Waals surface area contributed by atoms with E-state index in [1.54, 1.807) is 7.11 Å². The molecule has 3 nitrogen and oxygen atoms in total. The Morgan fingerprint density at radius 3 is 3.12 bits per heavy atom. The molecule has 0 saturated heterocycles. The summed E-state index contributed by atoms with van der Waals surface area (Å²) in [6.07, 6.45) is 2.04. The fourth-order valence-corrected chi connectivity index (χ4v) is 2.29. The first-order valence-electron chi connectivity index (χ1n) is 6.33. The van der Waals surface area contributed by atoms with Crippen LogP contribution in [0.15, 0.2) is 18.2 Å². The second-order valence-corrected chi connectivity index (χ2v) is 4.36. The molecule has 1 atom stereocenters. The Labute approximate surface area is 103 Å². The molecule has 0 saturated carbocycles. The standard InChI is InChI=1S/C14H21NO2/c1-3-15-13(7-8-16-2)11-4-5-14-12(10-11)6-9-17-14/h4-5,10,13,15H,3,6-9H2,1-2H3. The number of benzene rings is 1. The summed E-state index contributed by atoms with van der Waals surface area (Å²) < 4.78 is 10.7. The van der Waals surface area contributed by atoms with E-state index in [9.17, 15) is 0 Å². The van der Waals surface area contributed by atoms with Crippen LogP contribution in [0.4, 0.5) is 0 Å². The lowest BCUT2D eigenvalue weighted by Gasteiger charge is -2.18. The lowest BCUT2D eigenvalue weighted by molar-refractivity contribution is 0.183. The first kappa shape index (κ1) is 12.4. The van der Waals surface area contributed by atoms with E-state index >= 15 is 0 Å². The molecule has 94 valence electrons. The summed E-state index contributed by atoms with van der Waals surface area (Å²) in [5.41, 5.74) is 2.68. The van der Waals surface area contributed by atoms with Gasteiger partial charge in [0.15, 0.2) is 0 Å². The van der Waals surface area contributed by atoms with Crippen molar-refractivity contribution in [3.8, 4) is 5.75 Å². The third-order valence-electron chi connectivity index (χ3n) is 3.18. The highest BCUT2D eigenvalue weighted by atomic mass is 16.5. The summed E-state index contributed by atoms with van der Waals surface area (Å²) in [6, 6.07) is 6.90. The van der Waals surface area contributed by atoms with E-state index in [-0.39, 0.29) is 0 Å². The Balaban J connectivity index is 2.11. The van der Waals surface area contributed by atoms with Crippen LogP contribution in [0.25, 0.3) is 0 Å². The topological polar surface area (TPSA) is 30.5 Å². The zero-order valence-electron chi connectivity index (χ0n) is 10.7. The molecule has 1 heterocycles. The minimum atomic E-state index is 0.380. The zero-order chi connectivity index (χ0) is 12.1. The molecule has 2 rings (SSSR count). The molecule has 1 aromatic carbocycles. The number of fused-ring (bicyclic) bond motifs is 1. The Morgan fingerprint density at radius 2 is 2.35 bits per heavy atom. The second-order valence-electron chi connectivity index (χ2n) is 4.36. The van der Waals surface area contributed by atoms with Crippen molar-refractivity contribution < 1.29 is 9.47 Å². The van der Waals surface area contributed by atoms with Crippen molar-refractivity contribution in [1.82, 2.24) is 5.32 Å². The molecular formula is C14H21NO2. The van der Waals surface area contributed by atoms with Gasteiger partial charge in [0.2, 0.25) is 0 Å². The maximum Gasteiger partial charge on any atom is 0.122 e. The smallest absolute Gasteiger partial charge is 0.122 e. The molecule has 17 heavy (non-hydrogen) atoms. The first-order valence-corrected chi connectivity index (χ1v) is 6.33. The molecule has 0 aliphatic carbocycles. The van der Waals surface area contributed by atoms with E-state index < -0.39 is 0 Å². The van der Waals surface area contributed by atoms with Gasteiger partial charge in [0.05, 0.1) is 6.61 Å². The lowest BCUT2D eigenvalue weighted by Crippen LogP contribution is -2.22. The van der Waals surface area contributed by atoms with Gasteiger partial charge < -0.3 is 14.8 Å². The average Bonchev–Trinajstić information content (AvgIpc) is 2.81. The summed E-state index contributed by atoms with van der Waals surface area (Å²) in [6.45, 7) is 4.71. The number of rotatable bonds is 6. The van der Waals surface area contributed by atoms with Crippen LogP contribution in [0, 0.1) is 0 Å². The largest absolute Gasteiger partial charge is 0.493 e. The van der Waals surface area contributed by atoms with Crippen LogP contribution in [0.5, 0.6) is 5.75 Å². The highest BCUT2D eigenvalue weighted by Crippen LogP contribution is 2.29. The molecule has 1 aromatic rings. The number of methoxy groups -OCH3 is 1. The fraction of sp³-hybridized carbons (Fsp3) is 0.571. The molecule has 0 spiro atoms. The molecule has 3 heteroatoms. The van der Waals surface area contributed by atoms with Crippen LogP contribution in [-0.4, -0.2) is 26.9 Å². The number of nitrogens with one attached hydrogen (secondary N) is 1. The zero-order valence-corrected chi connectivity index (χ0v) is 10.7. The summed E-state index contributed by atoms with van der Waals surface area (Å²) in [5, 5.41) is 3.50. The Morgan fingerprint density at radius 1 is 1.47 bits per heavy atom. The summed E-state index contributed by atoms with van der Waals surface area (Å²) >= 11 is 0. The maximum atomic E-state index is 5.53. The SMILES string of the molecule is CCNC(CCOC)c1ccc2c(c1)CCO2. The minimum Gasteiger partial charge on any atom is -0.493 e. The lowest BCUT2D eigenvalue weighted by atomic mass is 10.0. The van der Waals surface area contributed by atoms with Gasteiger partial charge in [-0.25, -0.2) is 0 Å². The normalized spacial score (nSPS) is 15.4. The van der Waals surface area contributed by atoms with Crippen molar-refractivity contribution in [1.29, 1.82) is 0 Å². The average molecular weight is 235 g/mol. The third-order valence-corrected chi connectivity index (χ3v) is 3.18. The molecule has 0 aromatic heterocycles. The Hall–Kier alpha value is -1.06. The van der Waals surface area contributed by atoms with Gasteiger partial charge >= 0.3 is 0 Å². The number of ether oxygens (including phenoxy) is 2. The highest BCUT2D eigenvalue weighted by Gasteiger charge is 2.16. The van der Waals surface area contributed by atoms with Crippen LogP contribution < -0.4 is 10.1 Å². The van der Waals surface area contributed by atoms with Crippen molar-refractivity contribution in [2.45, 2.75) is 25.8 Å². The summed E-state index contributed by atoms with van der Waals surface area (Å²) in [7, 11) is 1.75. The second kappa shape index (κ2) is 6.03. The Bertz CT molecular complexity index is 365. The molecule has 1 N–H and O–H groups in total. The third kappa shape index (κ3) is 2.99. The van der Waals surface area contributed by atoms with E-state index in [4.69, 9.17) is 9.47 Å². The van der Waals surface area contributed by atoms with Gasteiger partial charge in [0.1, 0.15) is 5.75 Å². The van der Waals surface area contributed by atoms with Crippen molar-refractivity contribution in [3.05, 3.63) is 29.3 Å². The van der Waals surface area contributed by atoms with Crippen LogP contribution >= 0.6 is 0 Å². The van der Waals surface area contributed by atoms with E-state index in [0.29, 0.717) is 6.04 Å². The van der Waals surface area contributed by atoms with Crippen molar-refractivity contribution in [2.75, 3.05) is 26.9 Å². The quantitative estimate of drug-likeness (QED) is 0.820. The van der Waals surface area contributed by atoms with Gasteiger partial charge in [-0.15, -0.1) is 0 Å². The van der Waals surface area contributed by atoms with Gasteiger partial charge in [-0.2, -0.15) is 0 Å². The van der Waals surface area contributed by atoms with Gasteiger partial charge in [-0.1, -0.05) is 19.1 Å². The fourth-order valence-electron chi connectivity index (χ4n) is 2.29.